The van der Waals surface area contributed by atoms with Gasteiger partial charge in [-0.15, -0.1) is 0 Å². The molecule has 0 bridgehead atoms. The highest BCUT2D eigenvalue weighted by atomic mass is 35.5. The van der Waals surface area contributed by atoms with E-state index in [1.807, 2.05) is 48.5 Å². The van der Waals surface area contributed by atoms with Crippen molar-refractivity contribution in [1.29, 1.82) is 0 Å². The smallest absolute Gasteiger partial charge is 0.112 e. The summed E-state index contributed by atoms with van der Waals surface area (Å²) in [5.41, 5.74) is 2.13. The second-order valence-corrected chi connectivity index (χ2v) is 6.70. The van der Waals surface area contributed by atoms with Crippen LogP contribution in [0.3, 0.4) is 0 Å². The maximum Gasteiger partial charge on any atom is 0.112 e. The number of rotatable bonds is 6. The summed E-state index contributed by atoms with van der Waals surface area (Å²) in [5, 5.41) is 1.42. The van der Waals surface area contributed by atoms with Crippen molar-refractivity contribution in [2.75, 3.05) is 13.2 Å². The SMILES string of the molecule is Clc1ccc([C@@H](O[C@@H](c2ccc(Cl)cc2)[C@@H]2CO2)[C@H]2CO2)cc1. The van der Waals surface area contributed by atoms with Crippen LogP contribution in [0.15, 0.2) is 48.5 Å². The Morgan fingerprint density at radius 3 is 1.39 bits per heavy atom. The lowest BCUT2D eigenvalue weighted by Crippen LogP contribution is -2.19. The molecule has 23 heavy (non-hydrogen) atoms. The van der Waals surface area contributed by atoms with Crippen molar-refractivity contribution in [2.45, 2.75) is 24.4 Å². The summed E-state index contributed by atoms with van der Waals surface area (Å²) in [6.07, 6.45) is -0.0799. The maximum absolute atomic E-state index is 6.41. The van der Waals surface area contributed by atoms with E-state index in [1.54, 1.807) is 0 Å². The highest BCUT2D eigenvalue weighted by Crippen LogP contribution is 2.40. The average Bonchev–Trinajstić information content (AvgIpc) is 3.45. The molecule has 2 aromatic rings. The number of benzene rings is 2. The van der Waals surface area contributed by atoms with Crippen molar-refractivity contribution >= 4 is 23.2 Å². The van der Waals surface area contributed by atoms with E-state index in [2.05, 4.69) is 0 Å². The van der Waals surface area contributed by atoms with Crippen LogP contribution in [0.2, 0.25) is 10.0 Å². The fraction of sp³-hybridized carbons (Fsp3) is 0.333. The van der Waals surface area contributed by atoms with Crippen LogP contribution in [0.25, 0.3) is 0 Å². The summed E-state index contributed by atoms with van der Waals surface area (Å²) in [6.45, 7) is 1.43. The zero-order valence-electron chi connectivity index (χ0n) is 12.3. The average molecular weight is 351 g/mol. The molecule has 0 aromatic heterocycles. The summed E-state index contributed by atoms with van der Waals surface area (Å²) in [6, 6.07) is 15.5. The van der Waals surface area contributed by atoms with Crippen LogP contribution in [0.4, 0.5) is 0 Å². The Morgan fingerprint density at radius 2 is 1.09 bits per heavy atom. The molecule has 0 radical (unpaired) electrons. The molecular weight excluding hydrogens is 335 g/mol. The monoisotopic (exact) mass is 350 g/mol. The van der Waals surface area contributed by atoms with Crippen molar-refractivity contribution in [3.05, 3.63) is 69.7 Å². The molecule has 2 aliphatic heterocycles. The van der Waals surface area contributed by atoms with Gasteiger partial charge in [-0.2, -0.15) is 0 Å². The van der Waals surface area contributed by atoms with Gasteiger partial charge in [-0.1, -0.05) is 47.5 Å². The van der Waals surface area contributed by atoms with Gasteiger partial charge in [-0.3, -0.25) is 0 Å². The third-order valence-corrected chi connectivity index (χ3v) is 4.59. The van der Waals surface area contributed by atoms with Gasteiger partial charge in [0.05, 0.1) is 13.2 Å². The van der Waals surface area contributed by atoms with E-state index in [-0.39, 0.29) is 24.4 Å². The van der Waals surface area contributed by atoms with Crippen molar-refractivity contribution in [3.8, 4) is 0 Å². The third-order valence-electron chi connectivity index (χ3n) is 4.08. The minimum absolute atomic E-state index is 0.0877. The van der Waals surface area contributed by atoms with Gasteiger partial charge in [0.15, 0.2) is 0 Å². The second-order valence-electron chi connectivity index (χ2n) is 5.82. The fourth-order valence-corrected chi connectivity index (χ4v) is 2.94. The molecule has 2 fully saturated rings. The van der Waals surface area contributed by atoms with Gasteiger partial charge in [0.2, 0.25) is 0 Å². The molecule has 120 valence electrons. The van der Waals surface area contributed by atoms with E-state index in [1.165, 1.54) is 0 Å². The first-order valence-corrected chi connectivity index (χ1v) is 8.36. The number of ether oxygens (including phenoxy) is 3. The third kappa shape index (κ3) is 3.70. The van der Waals surface area contributed by atoms with Crippen LogP contribution in [-0.4, -0.2) is 25.4 Å². The number of hydrogen-bond acceptors (Lipinski definition) is 3. The standard InChI is InChI=1S/C18H16Cl2O3/c19-13-5-1-11(2-6-13)17(15-9-21-15)23-18(16-10-22-16)12-3-7-14(20)8-4-12/h1-8,15-18H,9-10H2/t15-,16+,17-,18+. The molecule has 0 aliphatic carbocycles. The molecule has 5 heteroatoms. The topological polar surface area (TPSA) is 34.3 Å². The Bertz CT molecular complexity index is 604. The number of epoxide rings is 2. The lowest BCUT2D eigenvalue weighted by atomic mass is 10.0. The minimum Gasteiger partial charge on any atom is -0.370 e. The largest absolute Gasteiger partial charge is 0.370 e. The van der Waals surface area contributed by atoms with Crippen molar-refractivity contribution in [3.63, 3.8) is 0 Å². The van der Waals surface area contributed by atoms with Crippen LogP contribution in [0.1, 0.15) is 23.3 Å². The molecule has 0 saturated carbocycles. The summed E-state index contributed by atoms with van der Waals surface area (Å²) in [4.78, 5) is 0. The first kappa shape index (κ1) is 15.4. The predicted molar refractivity (Wildman–Crippen MR) is 89.0 cm³/mol. The Hall–Kier alpha value is -1.10. The van der Waals surface area contributed by atoms with E-state index in [4.69, 9.17) is 37.4 Å². The lowest BCUT2D eigenvalue weighted by molar-refractivity contribution is -0.0419. The fourth-order valence-electron chi connectivity index (χ4n) is 2.69. The molecule has 2 heterocycles. The zero-order valence-corrected chi connectivity index (χ0v) is 13.8. The van der Waals surface area contributed by atoms with Gasteiger partial charge in [-0.25, -0.2) is 0 Å². The van der Waals surface area contributed by atoms with E-state index in [0.29, 0.717) is 23.3 Å². The zero-order chi connectivity index (χ0) is 15.8. The molecule has 2 aliphatic rings. The quantitative estimate of drug-likeness (QED) is 0.714. The van der Waals surface area contributed by atoms with Crippen LogP contribution >= 0.6 is 23.2 Å². The van der Waals surface area contributed by atoms with Crippen molar-refractivity contribution < 1.29 is 14.2 Å². The predicted octanol–water partition coefficient (Wildman–Crippen LogP) is 4.59. The molecule has 3 nitrogen and oxygen atoms in total. The van der Waals surface area contributed by atoms with Gasteiger partial charge in [-0.05, 0) is 35.4 Å². The van der Waals surface area contributed by atoms with Gasteiger partial charge in [0.25, 0.3) is 0 Å². The lowest BCUT2D eigenvalue weighted by Gasteiger charge is -2.24. The van der Waals surface area contributed by atoms with E-state index in [0.717, 1.165) is 11.1 Å². The molecular formula is C18H16Cl2O3. The van der Waals surface area contributed by atoms with Crippen molar-refractivity contribution in [2.24, 2.45) is 0 Å². The molecule has 0 amide bonds. The van der Waals surface area contributed by atoms with E-state index >= 15 is 0 Å². The molecule has 2 aromatic carbocycles. The minimum atomic E-state index is -0.128. The summed E-state index contributed by atoms with van der Waals surface area (Å²) < 4.78 is 17.4. The molecule has 0 N–H and O–H groups in total. The molecule has 0 spiro atoms. The Balaban J connectivity index is 1.58. The molecule has 4 rings (SSSR count). The number of halogens is 2. The summed E-state index contributed by atoms with van der Waals surface area (Å²) in [5.74, 6) is 0. The van der Waals surface area contributed by atoms with Gasteiger partial charge < -0.3 is 14.2 Å². The normalized spacial score (nSPS) is 25.0. The van der Waals surface area contributed by atoms with E-state index < -0.39 is 0 Å². The highest BCUT2D eigenvalue weighted by Gasteiger charge is 2.42. The Morgan fingerprint density at radius 1 is 0.739 bits per heavy atom. The Labute approximate surface area is 145 Å². The van der Waals surface area contributed by atoms with Crippen LogP contribution in [-0.2, 0) is 14.2 Å². The van der Waals surface area contributed by atoms with Gasteiger partial charge >= 0.3 is 0 Å². The summed E-state index contributed by atoms with van der Waals surface area (Å²) in [7, 11) is 0. The van der Waals surface area contributed by atoms with Crippen LogP contribution in [0.5, 0.6) is 0 Å². The Kier molecular flexibility index (Phi) is 4.31. The molecule has 0 unspecified atom stereocenters. The van der Waals surface area contributed by atoms with E-state index in [9.17, 15) is 0 Å². The molecule has 2 saturated heterocycles. The second kappa shape index (κ2) is 6.42. The number of hydrogen-bond donors (Lipinski definition) is 0. The summed E-state index contributed by atoms with van der Waals surface area (Å²) >= 11 is 12.0. The maximum atomic E-state index is 6.41. The first-order valence-electron chi connectivity index (χ1n) is 7.60. The van der Waals surface area contributed by atoms with Crippen LogP contribution in [0, 0.1) is 0 Å². The van der Waals surface area contributed by atoms with Gasteiger partial charge in [0.1, 0.15) is 24.4 Å². The first-order chi connectivity index (χ1) is 11.2. The molecule has 4 atom stereocenters. The highest BCUT2D eigenvalue weighted by molar-refractivity contribution is 6.30. The van der Waals surface area contributed by atoms with Crippen molar-refractivity contribution in [1.82, 2.24) is 0 Å². The van der Waals surface area contributed by atoms with Gasteiger partial charge in [0, 0.05) is 10.0 Å². The van der Waals surface area contributed by atoms with Crippen LogP contribution < -0.4 is 0 Å².